The van der Waals surface area contributed by atoms with Crippen molar-refractivity contribution in [2.75, 3.05) is 0 Å². The fourth-order valence-corrected chi connectivity index (χ4v) is 11.7. The second-order valence-corrected chi connectivity index (χ2v) is 26.4. The van der Waals surface area contributed by atoms with E-state index in [4.69, 9.17) is 0 Å². The minimum Gasteiger partial charge on any atom is -0.390 e. The molecule has 41 heavy (non-hydrogen) atoms. The van der Waals surface area contributed by atoms with Gasteiger partial charge in [-0.1, -0.05) is 165 Å². The van der Waals surface area contributed by atoms with E-state index in [1.54, 1.807) is 0 Å². The molecule has 0 saturated heterocycles. The molecule has 2 atom stereocenters. The minimum absolute atomic E-state index is 0.294. The third-order valence-electron chi connectivity index (χ3n) is 8.43. The van der Waals surface area contributed by atoms with Gasteiger partial charge in [0, 0.05) is 34.8 Å². The highest BCUT2D eigenvalue weighted by atomic mass is 28.3. The largest absolute Gasteiger partial charge is 0.390 e. The molecule has 0 aliphatic rings. The molecular weight excluding hydrogens is 531 g/mol. The molecule has 0 radical (unpaired) electrons. The van der Waals surface area contributed by atoms with Crippen molar-refractivity contribution < 1.29 is 5.11 Å². The second-order valence-electron chi connectivity index (χ2n) is 15.4. The molecule has 2 rings (SSSR count). The lowest BCUT2D eigenvalue weighted by Gasteiger charge is -2.44. The van der Waals surface area contributed by atoms with E-state index in [0.29, 0.717) is 12.1 Å². The molecule has 1 N–H and O–H groups in total. The lowest BCUT2D eigenvalue weighted by molar-refractivity contribution is 0.0141. The molecule has 2 aromatic carbocycles. The smallest absolute Gasteiger partial charge is 0.0616 e. The number of rotatable bonds is 21. The first-order chi connectivity index (χ1) is 19.3. The molecule has 232 valence electrons. The van der Waals surface area contributed by atoms with Crippen LogP contribution in [0.2, 0.25) is 51.4 Å². The number of hydrogen-bond acceptors (Lipinski definition) is 2. The Morgan fingerprint density at radius 1 is 0.683 bits per heavy atom. The Balaban J connectivity index is 2.32. The summed E-state index contributed by atoms with van der Waals surface area (Å²) in [6.45, 7) is 20.2. The SMILES string of the molecule is CCCCCCCCCCC[C@@H](CC(O)(C[Si](C)(C)C)C[Si](C)(C)C)N(Cc1ccccc1)[C@@H](C)c1ccccc1. The van der Waals surface area contributed by atoms with E-state index in [1.807, 2.05) is 0 Å². The van der Waals surface area contributed by atoms with Gasteiger partial charge in [-0.2, -0.15) is 0 Å². The fraction of sp³-hybridized carbons (Fsp3) is 0.676. The van der Waals surface area contributed by atoms with Gasteiger partial charge in [-0.15, -0.1) is 0 Å². The highest BCUT2D eigenvalue weighted by Crippen LogP contribution is 2.38. The summed E-state index contributed by atoms with van der Waals surface area (Å²) in [4.78, 5) is 2.74. The molecule has 0 spiro atoms. The van der Waals surface area contributed by atoms with Crippen LogP contribution in [0.4, 0.5) is 0 Å². The quantitative estimate of drug-likeness (QED) is 0.115. The van der Waals surface area contributed by atoms with E-state index in [-0.39, 0.29) is 0 Å². The summed E-state index contributed by atoms with van der Waals surface area (Å²) in [6, 6.07) is 24.7. The summed E-state index contributed by atoms with van der Waals surface area (Å²) < 4.78 is 0. The fourth-order valence-electron chi connectivity index (χ4n) is 7.00. The third-order valence-corrected chi connectivity index (χ3v) is 11.9. The monoisotopic (exact) mass is 595 g/mol. The molecule has 2 nitrogen and oxygen atoms in total. The summed E-state index contributed by atoms with van der Waals surface area (Å²) in [7, 11) is -2.94. The molecule has 0 amide bonds. The maximum Gasteiger partial charge on any atom is 0.0616 e. The Bertz CT molecular complexity index is 919. The van der Waals surface area contributed by atoms with Crippen molar-refractivity contribution in [2.45, 2.75) is 160 Å². The summed E-state index contributed by atoms with van der Waals surface area (Å²) in [5, 5.41) is 12.5. The first-order valence-electron chi connectivity index (χ1n) is 16.9. The van der Waals surface area contributed by atoms with Crippen LogP contribution in [0, 0.1) is 0 Å². The van der Waals surface area contributed by atoms with Crippen LogP contribution in [-0.4, -0.2) is 37.8 Å². The molecule has 0 heterocycles. The van der Waals surface area contributed by atoms with Gasteiger partial charge in [-0.05, 0) is 43.0 Å². The summed E-state index contributed by atoms with van der Waals surface area (Å²) in [5.74, 6) is 0. The van der Waals surface area contributed by atoms with E-state index < -0.39 is 21.7 Å². The zero-order valence-electron chi connectivity index (χ0n) is 28.2. The maximum atomic E-state index is 12.5. The zero-order valence-corrected chi connectivity index (χ0v) is 30.2. The zero-order chi connectivity index (χ0) is 30.4. The van der Waals surface area contributed by atoms with Crippen LogP contribution in [0.1, 0.15) is 102 Å². The average Bonchev–Trinajstić information content (AvgIpc) is 2.88. The van der Waals surface area contributed by atoms with Crippen molar-refractivity contribution in [1.82, 2.24) is 4.90 Å². The van der Waals surface area contributed by atoms with Crippen molar-refractivity contribution in [1.29, 1.82) is 0 Å². The lowest BCUT2D eigenvalue weighted by atomic mass is 9.90. The highest BCUT2D eigenvalue weighted by molar-refractivity contribution is 6.78. The van der Waals surface area contributed by atoms with Crippen molar-refractivity contribution in [3.05, 3.63) is 71.8 Å². The van der Waals surface area contributed by atoms with E-state index in [2.05, 4.69) is 119 Å². The Morgan fingerprint density at radius 2 is 1.15 bits per heavy atom. The Kier molecular flexibility index (Phi) is 15.6. The van der Waals surface area contributed by atoms with Gasteiger partial charge >= 0.3 is 0 Å². The molecule has 0 aliphatic carbocycles. The Morgan fingerprint density at radius 3 is 1.63 bits per heavy atom. The predicted molar refractivity (Wildman–Crippen MR) is 188 cm³/mol. The second kappa shape index (κ2) is 17.8. The molecule has 2 aromatic rings. The molecule has 0 fully saturated rings. The standard InChI is InChI=1S/C37H65NOSi2/c1-9-10-11-12-13-14-15-16-23-28-36(29-37(39,31-40(3,4)5)32-41(6,7)8)38(30-34-24-19-17-20-25-34)33(2)35-26-21-18-22-27-35/h17-22,24-27,33,36,39H,9-16,23,28-32H2,1-8H3/t33-,36-/m0/s1. The van der Waals surface area contributed by atoms with E-state index in [0.717, 1.165) is 25.1 Å². The van der Waals surface area contributed by atoms with Gasteiger partial charge in [0.05, 0.1) is 5.60 Å². The summed E-state index contributed by atoms with van der Waals surface area (Å²) in [6.07, 6.45) is 14.2. The van der Waals surface area contributed by atoms with Crippen molar-refractivity contribution >= 4 is 16.1 Å². The number of aliphatic hydroxyl groups is 1. The molecule has 0 saturated carbocycles. The highest BCUT2D eigenvalue weighted by Gasteiger charge is 2.40. The van der Waals surface area contributed by atoms with Crippen LogP contribution in [0.25, 0.3) is 0 Å². The summed E-state index contributed by atoms with van der Waals surface area (Å²) in [5.41, 5.74) is 2.16. The average molecular weight is 596 g/mol. The molecule has 4 heteroatoms. The van der Waals surface area contributed by atoms with Crippen molar-refractivity contribution in [3.63, 3.8) is 0 Å². The van der Waals surface area contributed by atoms with Gasteiger partial charge in [0.25, 0.3) is 0 Å². The van der Waals surface area contributed by atoms with Gasteiger partial charge in [-0.3, -0.25) is 4.90 Å². The van der Waals surface area contributed by atoms with Crippen molar-refractivity contribution in [3.8, 4) is 0 Å². The first-order valence-corrected chi connectivity index (χ1v) is 24.3. The molecule has 0 aliphatic heterocycles. The number of nitrogens with zero attached hydrogens (tertiary/aromatic N) is 1. The van der Waals surface area contributed by atoms with Crippen LogP contribution in [0.3, 0.4) is 0 Å². The minimum atomic E-state index is -1.47. The Hall–Kier alpha value is -1.21. The number of unbranched alkanes of at least 4 members (excludes halogenated alkanes) is 8. The van der Waals surface area contributed by atoms with Gasteiger partial charge in [0.15, 0.2) is 0 Å². The van der Waals surface area contributed by atoms with Gasteiger partial charge < -0.3 is 5.11 Å². The molecule has 0 bridgehead atoms. The maximum absolute atomic E-state index is 12.5. The third kappa shape index (κ3) is 15.2. The van der Waals surface area contributed by atoms with Crippen LogP contribution >= 0.6 is 0 Å². The topological polar surface area (TPSA) is 23.5 Å². The lowest BCUT2D eigenvalue weighted by Crippen LogP contribution is -2.49. The van der Waals surface area contributed by atoms with Crippen LogP contribution in [0.15, 0.2) is 60.7 Å². The first kappa shape index (κ1) is 36.0. The molecular formula is C37H65NOSi2. The van der Waals surface area contributed by atoms with Crippen LogP contribution < -0.4 is 0 Å². The molecule has 0 unspecified atom stereocenters. The van der Waals surface area contributed by atoms with Crippen LogP contribution in [-0.2, 0) is 6.54 Å². The van der Waals surface area contributed by atoms with E-state index in [1.165, 1.54) is 75.3 Å². The number of benzene rings is 2. The van der Waals surface area contributed by atoms with Gasteiger partial charge in [-0.25, -0.2) is 0 Å². The van der Waals surface area contributed by atoms with Crippen LogP contribution in [0.5, 0.6) is 0 Å². The predicted octanol–water partition coefficient (Wildman–Crippen LogP) is 11.3. The summed E-state index contributed by atoms with van der Waals surface area (Å²) >= 11 is 0. The molecule has 0 aromatic heterocycles. The Labute approximate surface area is 257 Å². The number of hydrogen-bond donors (Lipinski definition) is 1. The van der Waals surface area contributed by atoms with E-state index in [9.17, 15) is 5.11 Å². The van der Waals surface area contributed by atoms with Gasteiger partial charge in [0.1, 0.15) is 0 Å². The normalized spacial score (nSPS) is 14.4. The van der Waals surface area contributed by atoms with E-state index >= 15 is 0 Å². The van der Waals surface area contributed by atoms with Crippen molar-refractivity contribution in [2.24, 2.45) is 0 Å². The van der Waals surface area contributed by atoms with Gasteiger partial charge in [0.2, 0.25) is 0 Å².